The van der Waals surface area contributed by atoms with Gasteiger partial charge in [-0.3, -0.25) is 4.68 Å². The first-order valence-corrected chi connectivity index (χ1v) is 7.20. The Hall–Kier alpha value is -2.82. The topological polar surface area (TPSA) is 36.3 Å². The maximum Gasteiger partial charge on any atom is 0.161 e. The minimum Gasteiger partial charge on any atom is -0.493 e. The Balaban J connectivity index is 1.93. The first kappa shape index (κ1) is 15.1. The largest absolute Gasteiger partial charge is 0.493 e. The highest BCUT2D eigenvalue weighted by atomic mass is 19.1. The van der Waals surface area contributed by atoms with Crippen LogP contribution < -0.4 is 9.47 Å². The van der Waals surface area contributed by atoms with Crippen molar-refractivity contribution in [3.63, 3.8) is 0 Å². The fourth-order valence-corrected chi connectivity index (χ4v) is 2.46. The van der Waals surface area contributed by atoms with Gasteiger partial charge in [0.2, 0.25) is 0 Å². The van der Waals surface area contributed by atoms with Crippen LogP contribution in [0, 0.1) is 5.82 Å². The summed E-state index contributed by atoms with van der Waals surface area (Å²) in [7, 11) is 3.22. The van der Waals surface area contributed by atoms with Gasteiger partial charge in [0.25, 0.3) is 0 Å². The van der Waals surface area contributed by atoms with E-state index in [0.717, 1.165) is 16.8 Å². The van der Waals surface area contributed by atoms with E-state index in [0.29, 0.717) is 18.0 Å². The van der Waals surface area contributed by atoms with Crippen LogP contribution in [0.15, 0.2) is 54.7 Å². The number of ether oxygens (including phenoxy) is 2. The third-order valence-electron chi connectivity index (χ3n) is 3.64. The van der Waals surface area contributed by atoms with Gasteiger partial charge in [-0.2, -0.15) is 5.10 Å². The van der Waals surface area contributed by atoms with Crippen LogP contribution in [0.25, 0.3) is 11.3 Å². The molecule has 0 fully saturated rings. The first-order chi connectivity index (χ1) is 11.2. The molecule has 0 N–H and O–H groups in total. The van der Waals surface area contributed by atoms with Gasteiger partial charge in [0.15, 0.2) is 11.5 Å². The first-order valence-electron chi connectivity index (χ1n) is 7.20. The number of halogens is 1. The van der Waals surface area contributed by atoms with E-state index in [-0.39, 0.29) is 5.82 Å². The standard InChI is InChI=1S/C18H17FN2O2/c1-22-17-8-5-14(11-18(17)23-2)16-9-10-20-21(16)12-13-3-6-15(19)7-4-13/h3-11H,12H2,1-2H3. The molecule has 1 aromatic heterocycles. The van der Waals surface area contributed by atoms with Gasteiger partial charge in [0.05, 0.1) is 26.5 Å². The smallest absolute Gasteiger partial charge is 0.161 e. The van der Waals surface area contributed by atoms with E-state index in [1.54, 1.807) is 32.5 Å². The highest BCUT2D eigenvalue weighted by Crippen LogP contribution is 2.32. The summed E-state index contributed by atoms with van der Waals surface area (Å²) < 4.78 is 25.5. The lowest BCUT2D eigenvalue weighted by Gasteiger charge is -2.11. The minimum atomic E-state index is -0.241. The Labute approximate surface area is 134 Å². The highest BCUT2D eigenvalue weighted by Gasteiger charge is 2.10. The Bertz CT molecular complexity index is 797. The number of aromatic nitrogens is 2. The summed E-state index contributed by atoms with van der Waals surface area (Å²) in [4.78, 5) is 0. The van der Waals surface area contributed by atoms with Gasteiger partial charge < -0.3 is 9.47 Å². The van der Waals surface area contributed by atoms with Crippen LogP contribution in [0.1, 0.15) is 5.56 Å². The Morgan fingerprint density at radius 2 is 1.70 bits per heavy atom. The van der Waals surface area contributed by atoms with Crippen molar-refractivity contribution in [1.29, 1.82) is 0 Å². The molecule has 0 radical (unpaired) electrons. The molecule has 0 saturated heterocycles. The molecule has 0 spiro atoms. The molecule has 118 valence electrons. The van der Waals surface area contributed by atoms with Crippen LogP contribution in [0.3, 0.4) is 0 Å². The van der Waals surface area contributed by atoms with Gasteiger partial charge in [-0.05, 0) is 42.0 Å². The SMILES string of the molecule is COc1ccc(-c2ccnn2Cc2ccc(F)cc2)cc1OC. The van der Waals surface area contributed by atoms with Crippen molar-refractivity contribution in [3.8, 4) is 22.8 Å². The van der Waals surface area contributed by atoms with Crippen LogP contribution in [0.2, 0.25) is 0 Å². The number of hydrogen-bond donors (Lipinski definition) is 0. The molecule has 0 aliphatic heterocycles. The summed E-state index contributed by atoms with van der Waals surface area (Å²) in [5, 5.41) is 4.36. The van der Waals surface area contributed by atoms with E-state index >= 15 is 0 Å². The van der Waals surface area contributed by atoms with Crippen LogP contribution >= 0.6 is 0 Å². The molecule has 0 bridgehead atoms. The van der Waals surface area contributed by atoms with Crippen molar-refractivity contribution >= 4 is 0 Å². The zero-order valence-corrected chi connectivity index (χ0v) is 13.0. The average Bonchev–Trinajstić information content (AvgIpc) is 3.04. The lowest BCUT2D eigenvalue weighted by Crippen LogP contribution is -2.04. The number of nitrogens with zero attached hydrogens (tertiary/aromatic N) is 2. The van der Waals surface area contributed by atoms with E-state index in [2.05, 4.69) is 5.10 Å². The van der Waals surface area contributed by atoms with Crippen molar-refractivity contribution in [2.24, 2.45) is 0 Å². The number of hydrogen-bond acceptors (Lipinski definition) is 3. The van der Waals surface area contributed by atoms with E-state index in [1.807, 2.05) is 28.9 Å². The molecular formula is C18H17FN2O2. The molecule has 0 aliphatic carbocycles. The molecule has 0 unspecified atom stereocenters. The molecule has 0 atom stereocenters. The van der Waals surface area contributed by atoms with Gasteiger partial charge in [-0.15, -0.1) is 0 Å². The molecule has 0 aliphatic rings. The molecular weight excluding hydrogens is 295 g/mol. The molecule has 23 heavy (non-hydrogen) atoms. The fourth-order valence-electron chi connectivity index (χ4n) is 2.46. The van der Waals surface area contributed by atoms with Crippen molar-refractivity contribution in [2.75, 3.05) is 14.2 Å². The van der Waals surface area contributed by atoms with Crippen LogP contribution in [0.4, 0.5) is 4.39 Å². The molecule has 2 aromatic carbocycles. The van der Waals surface area contributed by atoms with Crippen molar-refractivity contribution in [2.45, 2.75) is 6.54 Å². The quantitative estimate of drug-likeness (QED) is 0.720. The Kier molecular flexibility index (Phi) is 4.28. The molecule has 0 saturated carbocycles. The van der Waals surface area contributed by atoms with Crippen LogP contribution in [-0.4, -0.2) is 24.0 Å². The normalized spacial score (nSPS) is 10.6. The van der Waals surface area contributed by atoms with Crippen LogP contribution in [-0.2, 0) is 6.54 Å². The number of methoxy groups -OCH3 is 2. The molecule has 3 aromatic rings. The van der Waals surface area contributed by atoms with Gasteiger partial charge in [0, 0.05) is 11.8 Å². The summed E-state index contributed by atoms with van der Waals surface area (Å²) in [6.07, 6.45) is 1.75. The van der Waals surface area contributed by atoms with E-state index in [4.69, 9.17) is 9.47 Å². The lowest BCUT2D eigenvalue weighted by molar-refractivity contribution is 0.355. The van der Waals surface area contributed by atoms with Crippen molar-refractivity contribution < 1.29 is 13.9 Å². The predicted octanol–water partition coefficient (Wildman–Crippen LogP) is 3.75. The minimum absolute atomic E-state index is 0.241. The maximum absolute atomic E-state index is 13.0. The highest BCUT2D eigenvalue weighted by molar-refractivity contribution is 5.64. The summed E-state index contributed by atoms with van der Waals surface area (Å²) in [5.41, 5.74) is 2.91. The second-order valence-electron chi connectivity index (χ2n) is 5.07. The predicted molar refractivity (Wildman–Crippen MR) is 86.3 cm³/mol. The fraction of sp³-hybridized carbons (Fsp3) is 0.167. The van der Waals surface area contributed by atoms with Crippen LogP contribution in [0.5, 0.6) is 11.5 Å². The zero-order valence-electron chi connectivity index (χ0n) is 13.0. The Morgan fingerprint density at radius 1 is 0.957 bits per heavy atom. The van der Waals surface area contributed by atoms with E-state index in [9.17, 15) is 4.39 Å². The average molecular weight is 312 g/mol. The van der Waals surface area contributed by atoms with Crippen molar-refractivity contribution in [3.05, 3.63) is 66.1 Å². The van der Waals surface area contributed by atoms with Gasteiger partial charge in [-0.25, -0.2) is 4.39 Å². The molecule has 3 rings (SSSR count). The third-order valence-corrected chi connectivity index (χ3v) is 3.64. The maximum atomic E-state index is 13.0. The molecule has 1 heterocycles. The lowest BCUT2D eigenvalue weighted by atomic mass is 10.1. The van der Waals surface area contributed by atoms with Gasteiger partial charge >= 0.3 is 0 Å². The molecule has 0 amide bonds. The summed E-state index contributed by atoms with van der Waals surface area (Å²) in [6, 6.07) is 14.1. The van der Waals surface area contributed by atoms with E-state index in [1.165, 1.54) is 12.1 Å². The number of rotatable bonds is 5. The van der Waals surface area contributed by atoms with Crippen molar-refractivity contribution in [1.82, 2.24) is 9.78 Å². The zero-order chi connectivity index (χ0) is 16.2. The second kappa shape index (κ2) is 6.52. The third kappa shape index (κ3) is 3.18. The number of benzene rings is 2. The molecule has 5 heteroatoms. The van der Waals surface area contributed by atoms with Gasteiger partial charge in [0.1, 0.15) is 5.82 Å². The Morgan fingerprint density at radius 3 is 2.39 bits per heavy atom. The summed E-state index contributed by atoms with van der Waals surface area (Å²) in [5.74, 6) is 1.11. The molecule has 4 nitrogen and oxygen atoms in total. The summed E-state index contributed by atoms with van der Waals surface area (Å²) in [6.45, 7) is 0.566. The van der Waals surface area contributed by atoms with E-state index < -0.39 is 0 Å². The van der Waals surface area contributed by atoms with Gasteiger partial charge in [-0.1, -0.05) is 12.1 Å². The second-order valence-corrected chi connectivity index (χ2v) is 5.07. The monoisotopic (exact) mass is 312 g/mol. The summed E-state index contributed by atoms with van der Waals surface area (Å²) >= 11 is 0.